The fraction of sp³-hybridized carbons (Fsp3) is 0.444. The molecule has 128 valence electrons. The number of anilines is 1. The van der Waals surface area contributed by atoms with Crippen LogP contribution in [0.25, 0.3) is 0 Å². The van der Waals surface area contributed by atoms with E-state index in [1.54, 1.807) is 17.5 Å². The van der Waals surface area contributed by atoms with Crippen LogP contribution in [0.5, 0.6) is 0 Å². The summed E-state index contributed by atoms with van der Waals surface area (Å²) in [6.07, 6.45) is 2.62. The number of thiazole rings is 1. The Morgan fingerprint density at radius 3 is 2.96 bits per heavy atom. The highest BCUT2D eigenvalue weighted by Crippen LogP contribution is 2.27. The molecule has 1 aromatic carbocycles. The van der Waals surface area contributed by atoms with E-state index < -0.39 is 0 Å². The second-order valence-electron chi connectivity index (χ2n) is 6.27. The number of hydrogen-bond donors (Lipinski definition) is 1. The minimum atomic E-state index is -0.0269. The molecular weight excluding hydrogens is 320 g/mol. The first-order valence-corrected chi connectivity index (χ1v) is 9.23. The highest BCUT2D eigenvalue weighted by molar-refractivity contribution is 7.09. The van der Waals surface area contributed by atoms with Gasteiger partial charge in [-0.1, -0.05) is 25.1 Å². The molecule has 1 aromatic heterocycles. The number of fused-ring (bicyclic) bond motifs is 1. The van der Waals surface area contributed by atoms with Gasteiger partial charge in [-0.2, -0.15) is 0 Å². The van der Waals surface area contributed by atoms with Gasteiger partial charge in [0.15, 0.2) is 0 Å². The summed E-state index contributed by atoms with van der Waals surface area (Å²) >= 11 is 1.59. The molecule has 2 aromatic rings. The first-order valence-electron chi connectivity index (χ1n) is 8.35. The summed E-state index contributed by atoms with van der Waals surface area (Å²) in [7, 11) is 2.08. The minimum absolute atomic E-state index is 0.0188. The Labute approximate surface area is 147 Å². The molecule has 0 aliphatic carbocycles. The zero-order chi connectivity index (χ0) is 17.1. The number of benzene rings is 1. The van der Waals surface area contributed by atoms with Crippen molar-refractivity contribution < 1.29 is 4.79 Å². The van der Waals surface area contributed by atoms with E-state index in [0.717, 1.165) is 18.0 Å². The average molecular weight is 344 g/mol. The van der Waals surface area contributed by atoms with E-state index in [0.29, 0.717) is 6.54 Å². The van der Waals surface area contributed by atoms with Gasteiger partial charge >= 0.3 is 6.03 Å². The number of amides is 2. The normalized spacial score (nSPS) is 18.7. The van der Waals surface area contributed by atoms with Gasteiger partial charge in [0.25, 0.3) is 0 Å². The summed E-state index contributed by atoms with van der Waals surface area (Å²) in [4.78, 5) is 21.4. The maximum absolute atomic E-state index is 12.9. The van der Waals surface area contributed by atoms with Crippen LogP contribution in [0, 0.1) is 0 Å². The van der Waals surface area contributed by atoms with Gasteiger partial charge in [0.2, 0.25) is 0 Å². The zero-order valence-electron chi connectivity index (χ0n) is 14.4. The van der Waals surface area contributed by atoms with Crippen molar-refractivity contribution in [1.82, 2.24) is 15.2 Å². The van der Waals surface area contributed by atoms with E-state index in [9.17, 15) is 4.79 Å². The van der Waals surface area contributed by atoms with Crippen LogP contribution in [-0.2, 0) is 6.54 Å². The van der Waals surface area contributed by atoms with Gasteiger partial charge < -0.3 is 15.1 Å². The van der Waals surface area contributed by atoms with Crippen LogP contribution in [-0.4, -0.2) is 35.5 Å². The summed E-state index contributed by atoms with van der Waals surface area (Å²) in [5.41, 5.74) is 2.38. The Morgan fingerprint density at radius 2 is 2.25 bits per heavy atom. The minimum Gasteiger partial charge on any atom is -0.372 e. The molecule has 5 nitrogen and oxygen atoms in total. The third-order valence-electron chi connectivity index (χ3n) is 4.53. The van der Waals surface area contributed by atoms with E-state index >= 15 is 0 Å². The van der Waals surface area contributed by atoms with Gasteiger partial charge in [-0.25, -0.2) is 9.78 Å². The first-order chi connectivity index (χ1) is 11.6. The number of carbonyl (C=O) groups is 1. The highest BCUT2D eigenvalue weighted by Gasteiger charge is 2.28. The van der Waals surface area contributed by atoms with Gasteiger partial charge in [0, 0.05) is 43.4 Å². The van der Waals surface area contributed by atoms with Crippen molar-refractivity contribution in [1.29, 1.82) is 0 Å². The van der Waals surface area contributed by atoms with Crippen LogP contribution in [0.2, 0.25) is 0 Å². The molecule has 0 spiro atoms. The highest BCUT2D eigenvalue weighted by atomic mass is 32.1. The smallest absolute Gasteiger partial charge is 0.318 e. The molecule has 0 saturated heterocycles. The van der Waals surface area contributed by atoms with E-state index in [2.05, 4.69) is 48.2 Å². The molecule has 3 rings (SSSR count). The lowest BCUT2D eigenvalue weighted by molar-refractivity contribution is 0.174. The molecule has 1 N–H and O–H groups in total. The fourth-order valence-corrected chi connectivity index (χ4v) is 3.97. The largest absolute Gasteiger partial charge is 0.372 e. The van der Waals surface area contributed by atoms with Crippen LogP contribution in [0.15, 0.2) is 35.8 Å². The number of para-hydroxylation sites is 1. The Hall–Kier alpha value is -2.08. The summed E-state index contributed by atoms with van der Waals surface area (Å²) < 4.78 is 0. The van der Waals surface area contributed by atoms with Crippen molar-refractivity contribution in [3.63, 3.8) is 0 Å². The second-order valence-corrected chi connectivity index (χ2v) is 7.19. The monoisotopic (exact) mass is 344 g/mol. The summed E-state index contributed by atoms with van der Waals surface area (Å²) in [6, 6.07) is 8.39. The van der Waals surface area contributed by atoms with Gasteiger partial charge in [0.05, 0.1) is 6.04 Å². The predicted molar refractivity (Wildman–Crippen MR) is 98.4 cm³/mol. The van der Waals surface area contributed by atoms with Crippen molar-refractivity contribution in [3.8, 4) is 0 Å². The summed E-state index contributed by atoms with van der Waals surface area (Å²) in [6.45, 7) is 5.62. The molecule has 2 amide bonds. The van der Waals surface area contributed by atoms with E-state index in [1.807, 2.05) is 22.4 Å². The second kappa shape index (κ2) is 7.21. The number of hydrogen-bond acceptors (Lipinski definition) is 4. The number of likely N-dealkylation sites (N-methyl/N-ethyl adjacent to an activating group) is 1. The van der Waals surface area contributed by atoms with Gasteiger partial charge in [-0.15, -0.1) is 11.3 Å². The van der Waals surface area contributed by atoms with Gasteiger partial charge in [0.1, 0.15) is 5.01 Å². The lowest BCUT2D eigenvalue weighted by Gasteiger charge is -2.30. The molecule has 2 heterocycles. The lowest BCUT2D eigenvalue weighted by Crippen LogP contribution is -2.47. The van der Waals surface area contributed by atoms with E-state index in [-0.39, 0.29) is 18.1 Å². The number of carbonyl (C=O) groups excluding carboxylic acids is 1. The number of nitrogens with one attached hydrogen (secondary N) is 1. The average Bonchev–Trinajstić information content (AvgIpc) is 3.07. The SMILES string of the molecule is CC[C@@H](NC(=O)N1Cc2ccccc2N(C)C[C@H]1C)c1nccs1. The fourth-order valence-electron chi connectivity index (χ4n) is 3.20. The molecule has 2 atom stereocenters. The van der Waals surface area contributed by atoms with Crippen LogP contribution in [0.4, 0.5) is 10.5 Å². The molecule has 0 bridgehead atoms. The van der Waals surface area contributed by atoms with Crippen molar-refractivity contribution in [3.05, 3.63) is 46.4 Å². The zero-order valence-corrected chi connectivity index (χ0v) is 15.2. The van der Waals surface area contributed by atoms with Gasteiger partial charge in [-0.05, 0) is 25.0 Å². The molecule has 1 aliphatic heterocycles. The standard InChI is InChI=1S/C18H24N4OS/c1-4-15(17-19-9-10-24-17)20-18(23)22-12-14-7-5-6-8-16(14)21(3)11-13(22)2/h5-10,13,15H,4,11-12H2,1-3H3,(H,20,23)/t13-,15-/m1/s1. The third kappa shape index (κ3) is 3.38. The van der Waals surface area contributed by atoms with Crippen molar-refractivity contribution in [2.45, 2.75) is 38.9 Å². The first kappa shape index (κ1) is 16.8. The molecule has 24 heavy (non-hydrogen) atoms. The molecule has 0 unspecified atom stereocenters. The molecule has 0 fully saturated rings. The summed E-state index contributed by atoms with van der Waals surface area (Å²) in [5, 5.41) is 6.07. The molecular formula is C18H24N4OS. The molecule has 1 aliphatic rings. The molecule has 0 radical (unpaired) electrons. The Bertz CT molecular complexity index is 688. The van der Waals surface area contributed by atoms with E-state index in [1.165, 1.54) is 11.3 Å². The quantitative estimate of drug-likeness (QED) is 0.925. The molecule has 6 heteroatoms. The number of rotatable bonds is 3. The van der Waals surface area contributed by atoms with Crippen molar-refractivity contribution in [2.75, 3.05) is 18.5 Å². The lowest BCUT2D eigenvalue weighted by atomic mass is 10.1. The maximum Gasteiger partial charge on any atom is 0.318 e. The predicted octanol–water partition coefficient (Wildman–Crippen LogP) is 3.64. The Morgan fingerprint density at radius 1 is 1.46 bits per heavy atom. The molecule has 0 saturated carbocycles. The number of urea groups is 1. The summed E-state index contributed by atoms with van der Waals surface area (Å²) in [5.74, 6) is 0. The van der Waals surface area contributed by atoms with Gasteiger partial charge in [-0.3, -0.25) is 0 Å². The van der Waals surface area contributed by atoms with Crippen molar-refractivity contribution in [2.24, 2.45) is 0 Å². The van der Waals surface area contributed by atoms with E-state index in [4.69, 9.17) is 0 Å². The number of nitrogens with zero attached hydrogens (tertiary/aromatic N) is 3. The van der Waals surface area contributed by atoms with Crippen LogP contribution < -0.4 is 10.2 Å². The maximum atomic E-state index is 12.9. The van der Waals surface area contributed by atoms with Crippen LogP contribution >= 0.6 is 11.3 Å². The van der Waals surface area contributed by atoms with Crippen molar-refractivity contribution >= 4 is 23.1 Å². The third-order valence-corrected chi connectivity index (χ3v) is 5.42. The van der Waals surface area contributed by atoms with Crippen LogP contribution in [0.3, 0.4) is 0 Å². The number of aromatic nitrogens is 1. The topological polar surface area (TPSA) is 48.5 Å². The Balaban J connectivity index is 1.79. The Kier molecular flexibility index (Phi) is 5.04. The van der Waals surface area contributed by atoms with Crippen LogP contribution in [0.1, 0.15) is 36.9 Å².